The second-order valence-electron chi connectivity index (χ2n) is 9.47. The van der Waals surface area contributed by atoms with E-state index < -0.39 is 0 Å². The van der Waals surface area contributed by atoms with Crippen molar-refractivity contribution in [1.29, 1.82) is 0 Å². The molecule has 1 heteroatoms. The molecule has 1 aliphatic carbocycles. The largest absolute Gasteiger partial charge is 0.359 e. The normalized spacial score (nSPS) is 17.0. The van der Waals surface area contributed by atoms with E-state index >= 15 is 0 Å². The third-order valence-electron chi connectivity index (χ3n) is 5.58. The molecule has 0 radical (unpaired) electrons. The van der Waals surface area contributed by atoms with Crippen molar-refractivity contribution < 1.29 is 0 Å². The number of hydrogen-bond donors (Lipinski definition) is 1. The molecule has 2 rings (SSSR count). The quantitative estimate of drug-likeness (QED) is 0.420. The van der Waals surface area contributed by atoms with Crippen LogP contribution in [0, 0.1) is 18.3 Å². The Hall–Kier alpha value is -2.28. The van der Waals surface area contributed by atoms with Crippen molar-refractivity contribution in [2.75, 3.05) is 0 Å². The van der Waals surface area contributed by atoms with Crippen molar-refractivity contribution in [2.24, 2.45) is 11.3 Å². The monoisotopic (exact) mass is 389 g/mol. The fourth-order valence-electron chi connectivity index (χ4n) is 3.78. The van der Waals surface area contributed by atoms with E-state index in [-0.39, 0.29) is 5.41 Å². The van der Waals surface area contributed by atoms with Gasteiger partial charge in [-0.15, -0.1) is 0 Å². The molecule has 0 heterocycles. The van der Waals surface area contributed by atoms with Crippen LogP contribution in [0.5, 0.6) is 0 Å². The summed E-state index contributed by atoms with van der Waals surface area (Å²) in [4.78, 5) is 0. The van der Waals surface area contributed by atoms with Crippen molar-refractivity contribution >= 4 is 5.70 Å². The second-order valence-corrected chi connectivity index (χ2v) is 9.47. The number of rotatable bonds is 9. The van der Waals surface area contributed by atoms with E-state index in [1.807, 2.05) is 0 Å². The van der Waals surface area contributed by atoms with E-state index in [1.54, 1.807) is 0 Å². The Morgan fingerprint density at radius 2 is 1.76 bits per heavy atom. The molecule has 1 aromatic rings. The van der Waals surface area contributed by atoms with Gasteiger partial charge in [-0.3, -0.25) is 0 Å². The molecule has 156 valence electrons. The van der Waals surface area contributed by atoms with Crippen molar-refractivity contribution in [1.82, 2.24) is 5.32 Å². The molecule has 0 saturated heterocycles. The second kappa shape index (κ2) is 9.96. The number of hydrogen-bond acceptors (Lipinski definition) is 1. The van der Waals surface area contributed by atoms with Crippen LogP contribution >= 0.6 is 0 Å². The van der Waals surface area contributed by atoms with Crippen LogP contribution in [0.2, 0.25) is 0 Å². The molecule has 1 unspecified atom stereocenters. The molecule has 0 amide bonds. The molecule has 0 fully saturated rings. The minimum Gasteiger partial charge on any atom is -0.359 e. The fourth-order valence-corrected chi connectivity index (χ4v) is 3.78. The molecular weight excluding hydrogens is 350 g/mol. The first-order chi connectivity index (χ1) is 13.6. The molecule has 1 N–H and O–H groups in total. The standard InChI is InChI=1S/C28H39N/c1-9-10-11-12-21(3)25-18-26(27(19-25)28(6,7)8)17-22(4)29-23(5)24-15-13-20(2)14-16-24/h13-19,27,29H,3,5,9-12H2,1-2,4,6-8H3/b22-17+. The zero-order valence-electron chi connectivity index (χ0n) is 19.4. The average molecular weight is 390 g/mol. The Balaban J connectivity index is 2.16. The van der Waals surface area contributed by atoms with E-state index in [2.05, 4.69) is 103 Å². The summed E-state index contributed by atoms with van der Waals surface area (Å²) in [5, 5.41) is 3.48. The van der Waals surface area contributed by atoms with E-state index in [1.165, 1.54) is 41.5 Å². The highest BCUT2D eigenvalue weighted by atomic mass is 14.9. The Labute approximate surface area is 179 Å². The van der Waals surface area contributed by atoms with Gasteiger partial charge in [0.15, 0.2) is 0 Å². The van der Waals surface area contributed by atoms with Gasteiger partial charge >= 0.3 is 0 Å². The van der Waals surface area contributed by atoms with Gasteiger partial charge in [-0.05, 0) is 60.5 Å². The smallest absolute Gasteiger partial charge is 0.0382 e. The lowest BCUT2D eigenvalue weighted by Crippen LogP contribution is -2.19. The van der Waals surface area contributed by atoms with E-state index in [9.17, 15) is 0 Å². The Morgan fingerprint density at radius 1 is 1.10 bits per heavy atom. The van der Waals surface area contributed by atoms with Crippen LogP contribution in [0.4, 0.5) is 0 Å². The van der Waals surface area contributed by atoms with Crippen LogP contribution in [-0.4, -0.2) is 0 Å². The Kier molecular flexibility index (Phi) is 7.90. The molecule has 0 aromatic heterocycles. The van der Waals surface area contributed by atoms with Gasteiger partial charge in [0.25, 0.3) is 0 Å². The topological polar surface area (TPSA) is 12.0 Å². The highest BCUT2D eigenvalue weighted by Crippen LogP contribution is 2.41. The highest BCUT2D eigenvalue weighted by molar-refractivity contribution is 5.63. The van der Waals surface area contributed by atoms with Gasteiger partial charge in [0, 0.05) is 17.3 Å². The van der Waals surface area contributed by atoms with Crippen LogP contribution in [0.1, 0.15) is 71.4 Å². The third-order valence-corrected chi connectivity index (χ3v) is 5.58. The predicted octanol–water partition coefficient (Wildman–Crippen LogP) is 8.12. The zero-order valence-corrected chi connectivity index (χ0v) is 19.4. The molecule has 0 aliphatic heterocycles. The maximum absolute atomic E-state index is 4.37. The molecule has 0 bridgehead atoms. The molecule has 0 saturated carbocycles. The van der Waals surface area contributed by atoms with Gasteiger partial charge in [0.05, 0.1) is 0 Å². The summed E-state index contributed by atoms with van der Waals surface area (Å²) in [5.74, 6) is 0.393. The van der Waals surface area contributed by atoms with Crippen LogP contribution in [0.25, 0.3) is 5.70 Å². The van der Waals surface area contributed by atoms with E-state index in [0.717, 1.165) is 23.4 Å². The molecule has 0 spiro atoms. The molecule has 29 heavy (non-hydrogen) atoms. The van der Waals surface area contributed by atoms with Crippen molar-refractivity contribution in [2.45, 2.75) is 67.2 Å². The first-order valence-electron chi connectivity index (χ1n) is 10.9. The lowest BCUT2D eigenvalue weighted by Gasteiger charge is -2.27. The number of unbranched alkanes of at least 4 members (excludes halogenated alkanes) is 2. The zero-order chi connectivity index (χ0) is 21.6. The van der Waals surface area contributed by atoms with Crippen LogP contribution < -0.4 is 5.32 Å². The number of aryl methyl sites for hydroxylation is 1. The Bertz CT molecular complexity index is 822. The lowest BCUT2D eigenvalue weighted by atomic mass is 9.77. The highest BCUT2D eigenvalue weighted by Gasteiger charge is 2.29. The minimum atomic E-state index is 0.169. The minimum absolute atomic E-state index is 0.169. The van der Waals surface area contributed by atoms with Gasteiger partial charge in [-0.2, -0.15) is 0 Å². The molecular formula is C28H39N. The molecule has 1 nitrogen and oxygen atoms in total. The van der Waals surface area contributed by atoms with Gasteiger partial charge in [0.2, 0.25) is 0 Å². The maximum Gasteiger partial charge on any atom is 0.0382 e. The van der Waals surface area contributed by atoms with E-state index in [0.29, 0.717) is 5.92 Å². The average Bonchev–Trinajstić information content (AvgIpc) is 3.06. The number of benzene rings is 1. The van der Waals surface area contributed by atoms with E-state index in [4.69, 9.17) is 0 Å². The van der Waals surface area contributed by atoms with Crippen molar-refractivity contribution in [3.8, 4) is 0 Å². The van der Waals surface area contributed by atoms with Gasteiger partial charge in [-0.1, -0.05) is 95.7 Å². The first kappa shape index (κ1) is 23.0. The number of nitrogens with one attached hydrogen (secondary N) is 1. The van der Waals surface area contributed by atoms with Gasteiger partial charge in [-0.25, -0.2) is 0 Å². The van der Waals surface area contributed by atoms with Crippen LogP contribution in [-0.2, 0) is 0 Å². The lowest BCUT2D eigenvalue weighted by molar-refractivity contribution is 0.337. The third kappa shape index (κ3) is 6.63. The van der Waals surface area contributed by atoms with Crippen molar-refractivity contribution in [3.05, 3.63) is 89.2 Å². The molecule has 1 aliphatic rings. The van der Waals surface area contributed by atoms with Gasteiger partial charge < -0.3 is 5.32 Å². The Morgan fingerprint density at radius 3 is 2.34 bits per heavy atom. The first-order valence-corrected chi connectivity index (χ1v) is 10.9. The van der Waals surface area contributed by atoms with Crippen LogP contribution in [0.15, 0.2) is 78.1 Å². The summed E-state index contributed by atoms with van der Waals surface area (Å²) < 4.78 is 0. The number of allylic oxidation sites excluding steroid dienone is 7. The summed E-state index contributed by atoms with van der Waals surface area (Å²) in [7, 11) is 0. The maximum atomic E-state index is 4.37. The summed E-state index contributed by atoms with van der Waals surface area (Å²) in [6, 6.07) is 8.48. The van der Waals surface area contributed by atoms with Crippen LogP contribution in [0.3, 0.4) is 0 Å². The summed E-state index contributed by atoms with van der Waals surface area (Å²) in [5.41, 5.74) is 8.54. The summed E-state index contributed by atoms with van der Waals surface area (Å²) in [6.45, 7) is 22.0. The predicted molar refractivity (Wildman–Crippen MR) is 129 cm³/mol. The SMILES string of the molecule is C=C(CCCCC)C1=CC(C(C)(C)C)C(/C=C(\C)NC(=C)c2ccc(C)cc2)=C1. The molecule has 1 aromatic carbocycles. The fraction of sp³-hybridized carbons (Fsp3) is 0.429. The van der Waals surface area contributed by atoms with Crippen molar-refractivity contribution in [3.63, 3.8) is 0 Å². The summed E-state index contributed by atoms with van der Waals surface area (Å²) in [6.07, 6.45) is 11.9. The summed E-state index contributed by atoms with van der Waals surface area (Å²) >= 11 is 0. The van der Waals surface area contributed by atoms with Gasteiger partial charge in [0.1, 0.15) is 0 Å². The molecule has 1 atom stereocenters.